The number of rotatable bonds is 5. The van der Waals surface area contributed by atoms with Crippen molar-refractivity contribution in [1.29, 1.82) is 0 Å². The normalized spacial score (nSPS) is 14.4. The molecule has 0 aliphatic heterocycles. The Hall–Kier alpha value is -1.23. The summed E-state index contributed by atoms with van der Waals surface area (Å²) in [5.41, 5.74) is 2.21. The highest BCUT2D eigenvalue weighted by Crippen LogP contribution is 2.32. The Balaban J connectivity index is 3.02. The molecule has 1 atom stereocenters. The SMILES string of the molecule is C#Cc1cc(C(C)(CC)CCCC)n(C)n1. The molecular weight excluding hydrogens is 196 g/mol. The maximum atomic E-state index is 5.39. The highest BCUT2D eigenvalue weighted by molar-refractivity contribution is 5.29. The lowest BCUT2D eigenvalue weighted by Crippen LogP contribution is -2.24. The molecule has 88 valence electrons. The van der Waals surface area contributed by atoms with Crippen LogP contribution in [0.25, 0.3) is 0 Å². The van der Waals surface area contributed by atoms with Gasteiger partial charge in [0.25, 0.3) is 0 Å². The minimum absolute atomic E-state index is 0.201. The van der Waals surface area contributed by atoms with E-state index in [0.29, 0.717) is 0 Å². The van der Waals surface area contributed by atoms with Gasteiger partial charge in [-0.3, -0.25) is 4.68 Å². The minimum atomic E-state index is 0.201. The fraction of sp³-hybridized carbons (Fsp3) is 0.643. The largest absolute Gasteiger partial charge is 0.271 e. The van der Waals surface area contributed by atoms with Gasteiger partial charge in [-0.05, 0) is 24.8 Å². The van der Waals surface area contributed by atoms with Gasteiger partial charge in [-0.2, -0.15) is 5.10 Å². The number of hydrogen-bond donors (Lipinski definition) is 0. The second-order valence-corrected chi connectivity index (χ2v) is 4.70. The number of aromatic nitrogens is 2. The van der Waals surface area contributed by atoms with Gasteiger partial charge in [0.15, 0.2) is 0 Å². The maximum absolute atomic E-state index is 5.39. The van der Waals surface area contributed by atoms with E-state index < -0.39 is 0 Å². The van der Waals surface area contributed by atoms with Crippen molar-refractivity contribution in [1.82, 2.24) is 9.78 Å². The number of terminal acetylenes is 1. The fourth-order valence-corrected chi connectivity index (χ4v) is 2.16. The molecule has 2 nitrogen and oxygen atoms in total. The number of hydrogen-bond acceptors (Lipinski definition) is 1. The first kappa shape index (κ1) is 12.8. The third-order valence-electron chi connectivity index (χ3n) is 3.51. The van der Waals surface area contributed by atoms with Crippen molar-refractivity contribution in [2.75, 3.05) is 0 Å². The zero-order valence-corrected chi connectivity index (χ0v) is 10.9. The first-order chi connectivity index (χ1) is 7.57. The van der Waals surface area contributed by atoms with E-state index in [1.807, 2.05) is 11.7 Å². The number of nitrogens with zero attached hydrogens (tertiary/aromatic N) is 2. The lowest BCUT2D eigenvalue weighted by Gasteiger charge is -2.28. The summed E-state index contributed by atoms with van der Waals surface area (Å²) in [6, 6.07) is 2.05. The van der Waals surface area contributed by atoms with Gasteiger partial charge in [0.1, 0.15) is 5.69 Å². The smallest absolute Gasteiger partial charge is 0.135 e. The molecule has 0 N–H and O–H groups in total. The summed E-state index contributed by atoms with van der Waals surface area (Å²) in [6.07, 6.45) is 10.2. The molecule has 0 bridgehead atoms. The number of aryl methyl sites for hydroxylation is 1. The van der Waals surface area contributed by atoms with Crippen LogP contribution in [0.3, 0.4) is 0 Å². The summed E-state index contributed by atoms with van der Waals surface area (Å²) in [7, 11) is 1.98. The average Bonchev–Trinajstić information content (AvgIpc) is 2.68. The Labute approximate surface area is 99.1 Å². The lowest BCUT2D eigenvalue weighted by molar-refractivity contribution is 0.376. The zero-order valence-electron chi connectivity index (χ0n) is 10.9. The predicted octanol–water partition coefficient (Wildman–Crippen LogP) is 3.26. The van der Waals surface area contributed by atoms with Crippen LogP contribution in [0.2, 0.25) is 0 Å². The Morgan fingerprint density at radius 2 is 2.19 bits per heavy atom. The zero-order chi connectivity index (χ0) is 12.2. The maximum Gasteiger partial charge on any atom is 0.135 e. The van der Waals surface area contributed by atoms with Crippen LogP contribution in [0, 0.1) is 12.3 Å². The van der Waals surface area contributed by atoms with Gasteiger partial charge in [-0.25, -0.2) is 0 Å². The Kier molecular flexibility index (Phi) is 4.18. The van der Waals surface area contributed by atoms with E-state index in [1.54, 1.807) is 0 Å². The third kappa shape index (κ3) is 2.47. The van der Waals surface area contributed by atoms with Crippen LogP contribution in [-0.2, 0) is 12.5 Å². The standard InChI is InChI=1S/C14H22N2/c1-6-9-10-14(4,8-3)13-11-12(7-2)15-16(13)5/h2,11H,6,8-10H2,1,3-5H3. The average molecular weight is 218 g/mol. The summed E-state index contributed by atoms with van der Waals surface area (Å²) in [5.74, 6) is 2.61. The summed E-state index contributed by atoms with van der Waals surface area (Å²) in [4.78, 5) is 0. The van der Waals surface area contributed by atoms with E-state index in [-0.39, 0.29) is 5.41 Å². The summed E-state index contributed by atoms with van der Waals surface area (Å²) < 4.78 is 1.94. The van der Waals surface area contributed by atoms with E-state index in [0.717, 1.165) is 12.1 Å². The van der Waals surface area contributed by atoms with Crippen LogP contribution in [0.1, 0.15) is 57.8 Å². The molecule has 0 aliphatic carbocycles. The van der Waals surface area contributed by atoms with E-state index in [1.165, 1.54) is 25.0 Å². The topological polar surface area (TPSA) is 17.8 Å². The second-order valence-electron chi connectivity index (χ2n) is 4.70. The molecule has 0 saturated carbocycles. The van der Waals surface area contributed by atoms with Gasteiger partial charge in [0.05, 0.1) is 0 Å². The highest BCUT2D eigenvalue weighted by Gasteiger charge is 2.27. The predicted molar refractivity (Wildman–Crippen MR) is 68.3 cm³/mol. The molecule has 0 amide bonds. The summed E-state index contributed by atoms with van der Waals surface area (Å²) in [5, 5.41) is 4.33. The van der Waals surface area contributed by atoms with Crippen LogP contribution in [0.5, 0.6) is 0 Å². The van der Waals surface area contributed by atoms with Crippen molar-refractivity contribution in [2.45, 2.75) is 51.9 Å². The van der Waals surface area contributed by atoms with Gasteiger partial charge < -0.3 is 0 Å². The Morgan fingerprint density at radius 1 is 1.50 bits per heavy atom. The van der Waals surface area contributed by atoms with Gasteiger partial charge in [-0.1, -0.05) is 33.6 Å². The molecule has 1 aromatic rings. The molecule has 1 unspecified atom stereocenters. The van der Waals surface area contributed by atoms with Crippen LogP contribution < -0.4 is 0 Å². The molecule has 0 saturated heterocycles. The Morgan fingerprint density at radius 3 is 2.62 bits per heavy atom. The molecule has 0 spiro atoms. The van der Waals surface area contributed by atoms with Crippen LogP contribution in [0.15, 0.2) is 6.07 Å². The molecule has 2 heteroatoms. The van der Waals surface area contributed by atoms with E-state index >= 15 is 0 Å². The van der Waals surface area contributed by atoms with E-state index in [9.17, 15) is 0 Å². The van der Waals surface area contributed by atoms with Crippen molar-refractivity contribution in [3.63, 3.8) is 0 Å². The van der Waals surface area contributed by atoms with Crippen molar-refractivity contribution in [3.05, 3.63) is 17.5 Å². The summed E-state index contributed by atoms with van der Waals surface area (Å²) >= 11 is 0. The van der Waals surface area contributed by atoms with Gasteiger partial charge >= 0.3 is 0 Å². The molecule has 0 aromatic carbocycles. The summed E-state index contributed by atoms with van der Waals surface area (Å²) in [6.45, 7) is 6.77. The van der Waals surface area contributed by atoms with Crippen LogP contribution in [0.4, 0.5) is 0 Å². The van der Waals surface area contributed by atoms with Gasteiger partial charge in [-0.15, -0.1) is 6.42 Å². The quantitative estimate of drug-likeness (QED) is 0.694. The van der Waals surface area contributed by atoms with E-state index in [2.05, 4.69) is 37.9 Å². The molecule has 0 radical (unpaired) electrons. The van der Waals surface area contributed by atoms with Crippen molar-refractivity contribution in [3.8, 4) is 12.3 Å². The first-order valence-electron chi connectivity index (χ1n) is 6.08. The highest BCUT2D eigenvalue weighted by atomic mass is 15.3. The van der Waals surface area contributed by atoms with Gasteiger partial charge in [0.2, 0.25) is 0 Å². The Bertz CT molecular complexity index is 384. The van der Waals surface area contributed by atoms with Crippen LogP contribution in [-0.4, -0.2) is 9.78 Å². The van der Waals surface area contributed by atoms with E-state index in [4.69, 9.17) is 6.42 Å². The molecule has 16 heavy (non-hydrogen) atoms. The minimum Gasteiger partial charge on any atom is -0.271 e. The van der Waals surface area contributed by atoms with Crippen molar-refractivity contribution in [2.24, 2.45) is 7.05 Å². The monoisotopic (exact) mass is 218 g/mol. The second kappa shape index (κ2) is 5.21. The molecule has 1 rings (SSSR count). The van der Waals surface area contributed by atoms with Gasteiger partial charge in [0, 0.05) is 18.2 Å². The fourth-order valence-electron chi connectivity index (χ4n) is 2.16. The molecule has 0 aliphatic rings. The van der Waals surface area contributed by atoms with Crippen molar-refractivity contribution >= 4 is 0 Å². The molecule has 1 aromatic heterocycles. The number of unbranched alkanes of at least 4 members (excludes halogenated alkanes) is 1. The molecular formula is C14H22N2. The van der Waals surface area contributed by atoms with Crippen LogP contribution >= 0.6 is 0 Å². The first-order valence-corrected chi connectivity index (χ1v) is 6.08. The molecule has 1 heterocycles. The molecule has 0 fully saturated rings. The van der Waals surface area contributed by atoms with Crippen molar-refractivity contribution < 1.29 is 0 Å². The lowest BCUT2D eigenvalue weighted by atomic mass is 9.79. The third-order valence-corrected chi connectivity index (χ3v) is 3.51.